The van der Waals surface area contributed by atoms with E-state index in [0.717, 1.165) is 44.9 Å². The van der Waals surface area contributed by atoms with Crippen LogP contribution in [0.5, 0.6) is 5.75 Å². The molecule has 5 aromatic rings. The highest BCUT2D eigenvalue weighted by Crippen LogP contribution is 2.22. The van der Waals surface area contributed by atoms with Crippen LogP contribution in [0.4, 0.5) is 0 Å². The van der Waals surface area contributed by atoms with Gasteiger partial charge in [0, 0.05) is 0 Å². The van der Waals surface area contributed by atoms with Gasteiger partial charge in [-0.15, -0.1) is 0 Å². The van der Waals surface area contributed by atoms with Crippen molar-refractivity contribution in [1.82, 2.24) is 14.9 Å². The molecule has 5 rings (SSSR count). The number of carbonyl (C=O) groups excluding carboxylic acids is 1. The zero-order chi connectivity index (χ0) is 25.6. The molecule has 4 aromatic carbocycles. The van der Waals surface area contributed by atoms with E-state index < -0.39 is 0 Å². The van der Waals surface area contributed by atoms with Gasteiger partial charge in [-0.25, -0.2) is 4.98 Å². The molecule has 5 nitrogen and oxygen atoms in total. The Bertz CT molecular complexity index is 1490. The first-order valence-corrected chi connectivity index (χ1v) is 12.7. The minimum absolute atomic E-state index is 0.0328. The number of carbonyl (C=O) groups is 1. The van der Waals surface area contributed by atoms with Crippen molar-refractivity contribution in [3.05, 3.63) is 120 Å². The summed E-state index contributed by atoms with van der Waals surface area (Å²) in [5, 5.41) is 3.14. The fourth-order valence-electron chi connectivity index (χ4n) is 4.61. The van der Waals surface area contributed by atoms with Crippen molar-refractivity contribution < 1.29 is 9.53 Å². The van der Waals surface area contributed by atoms with Crippen molar-refractivity contribution in [2.45, 2.75) is 32.9 Å². The van der Waals surface area contributed by atoms with Crippen molar-refractivity contribution in [2.75, 3.05) is 6.61 Å². The van der Waals surface area contributed by atoms with Gasteiger partial charge in [0.05, 0.1) is 30.0 Å². The Balaban J connectivity index is 1.26. The average molecular weight is 490 g/mol. The Morgan fingerprint density at radius 3 is 2.41 bits per heavy atom. The lowest BCUT2D eigenvalue weighted by molar-refractivity contribution is -0.121. The lowest BCUT2D eigenvalue weighted by atomic mass is 10.0. The lowest BCUT2D eigenvalue weighted by Crippen LogP contribution is -2.30. The normalized spacial score (nSPS) is 11.8. The summed E-state index contributed by atoms with van der Waals surface area (Å²) in [4.78, 5) is 17.8. The summed E-state index contributed by atoms with van der Waals surface area (Å²) in [5.74, 6) is 1.64. The molecule has 0 aliphatic carbocycles. The highest BCUT2D eigenvalue weighted by atomic mass is 16.5. The zero-order valence-electron chi connectivity index (χ0n) is 21.2. The molecule has 5 heteroatoms. The quantitative estimate of drug-likeness (QED) is 0.257. The number of para-hydroxylation sites is 2. The molecule has 1 N–H and O–H groups in total. The predicted molar refractivity (Wildman–Crippen MR) is 149 cm³/mol. The number of aromatic nitrogens is 2. The number of fused-ring (bicyclic) bond motifs is 1. The topological polar surface area (TPSA) is 56.1 Å². The summed E-state index contributed by atoms with van der Waals surface area (Å²) in [6.45, 7) is 5.17. The van der Waals surface area contributed by atoms with Gasteiger partial charge in [0.2, 0.25) is 5.91 Å². The molecule has 37 heavy (non-hydrogen) atoms. The van der Waals surface area contributed by atoms with E-state index in [9.17, 15) is 4.79 Å². The van der Waals surface area contributed by atoms with Crippen LogP contribution >= 0.6 is 0 Å². The van der Waals surface area contributed by atoms with Gasteiger partial charge in [-0.3, -0.25) is 4.79 Å². The highest BCUT2D eigenvalue weighted by molar-refractivity contribution is 5.80. The van der Waals surface area contributed by atoms with Crippen LogP contribution in [0.15, 0.2) is 103 Å². The van der Waals surface area contributed by atoms with E-state index in [2.05, 4.69) is 53.2 Å². The third kappa shape index (κ3) is 5.89. The van der Waals surface area contributed by atoms with Crippen molar-refractivity contribution >= 4 is 16.9 Å². The number of rotatable bonds is 9. The first-order valence-electron chi connectivity index (χ1n) is 12.7. The number of aryl methyl sites for hydroxylation is 1. The third-order valence-corrected chi connectivity index (χ3v) is 6.45. The Labute approximate surface area is 217 Å². The minimum Gasteiger partial charge on any atom is -0.492 e. The van der Waals surface area contributed by atoms with Crippen LogP contribution in [0.25, 0.3) is 22.2 Å². The molecule has 0 radical (unpaired) electrons. The maximum absolute atomic E-state index is 12.9. The molecule has 1 unspecified atom stereocenters. The van der Waals surface area contributed by atoms with Gasteiger partial charge >= 0.3 is 0 Å². The SMILES string of the molecule is Cc1cccc(OCCn2c(C(C)NC(=O)Cc3ccc(-c4ccccc4)cc3)nc3ccccc32)c1. The molecule has 1 heterocycles. The molecule has 0 aliphatic rings. The molecule has 0 bridgehead atoms. The van der Waals surface area contributed by atoms with E-state index in [1.165, 1.54) is 0 Å². The summed E-state index contributed by atoms with van der Waals surface area (Å²) < 4.78 is 8.15. The van der Waals surface area contributed by atoms with Crippen molar-refractivity contribution in [2.24, 2.45) is 0 Å². The number of nitrogens with zero attached hydrogens (tertiary/aromatic N) is 2. The second-order valence-corrected chi connectivity index (χ2v) is 9.30. The second kappa shape index (κ2) is 11.1. The van der Waals surface area contributed by atoms with E-state index in [1.807, 2.05) is 73.7 Å². The van der Waals surface area contributed by atoms with Crippen LogP contribution in [0.1, 0.15) is 29.9 Å². The fourth-order valence-corrected chi connectivity index (χ4v) is 4.61. The van der Waals surface area contributed by atoms with E-state index in [4.69, 9.17) is 9.72 Å². The Kier molecular flexibility index (Phi) is 7.31. The molecule has 1 aromatic heterocycles. The van der Waals surface area contributed by atoms with Gasteiger partial charge in [0.25, 0.3) is 0 Å². The number of nitrogens with one attached hydrogen (secondary N) is 1. The summed E-state index contributed by atoms with van der Waals surface area (Å²) in [6.07, 6.45) is 0.316. The maximum atomic E-state index is 12.9. The van der Waals surface area contributed by atoms with Crippen molar-refractivity contribution in [3.63, 3.8) is 0 Å². The molecular formula is C32H31N3O2. The summed E-state index contributed by atoms with van der Waals surface area (Å²) in [7, 11) is 0. The van der Waals surface area contributed by atoms with E-state index in [-0.39, 0.29) is 11.9 Å². The number of amides is 1. The molecule has 0 fully saturated rings. The first-order chi connectivity index (χ1) is 18.1. The standard InChI is InChI=1S/C32H31N3O2/c1-23-9-8-12-28(21-23)37-20-19-35-30-14-7-6-13-29(30)34-32(35)24(2)33-31(36)22-25-15-17-27(18-16-25)26-10-4-3-5-11-26/h3-18,21,24H,19-20,22H2,1-2H3,(H,33,36). The zero-order valence-corrected chi connectivity index (χ0v) is 21.2. The monoisotopic (exact) mass is 489 g/mol. The average Bonchev–Trinajstić information content (AvgIpc) is 3.28. The molecule has 0 saturated heterocycles. The number of imidazole rings is 1. The first kappa shape index (κ1) is 24.3. The Hall–Kier alpha value is -4.38. The second-order valence-electron chi connectivity index (χ2n) is 9.30. The van der Waals surface area contributed by atoms with Gasteiger partial charge < -0.3 is 14.6 Å². The number of benzene rings is 4. The number of ether oxygens (including phenoxy) is 1. The smallest absolute Gasteiger partial charge is 0.224 e. The summed E-state index contributed by atoms with van der Waals surface area (Å²) >= 11 is 0. The van der Waals surface area contributed by atoms with Gasteiger partial charge in [-0.05, 0) is 60.4 Å². The molecule has 1 atom stereocenters. The molecule has 0 spiro atoms. The third-order valence-electron chi connectivity index (χ3n) is 6.45. The van der Waals surface area contributed by atoms with E-state index >= 15 is 0 Å². The number of hydrogen-bond acceptors (Lipinski definition) is 3. The van der Waals surface area contributed by atoms with Crippen LogP contribution in [-0.2, 0) is 17.8 Å². The van der Waals surface area contributed by atoms with Gasteiger partial charge in [-0.1, -0.05) is 78.9 Å². The van der Waals surface area contributed by atoms with E-state index in [1.54, 1.807) is 0 Å². The van der Waals surface area contributed by atoms with Gasteiger partial charge in [0.1, 0.15) is 18.2 Å². The largest absolute Gasteiger partial charge is 0.492 e. The summed E-state index contributed by atoms with van der Waals surface area (Å²) in [5.41, 5.74) is 6.38. The minimum atomic E-state index is -0.248. The van der Waals surface area contributed by atoms with Crippen molar-refractivity contribution in [3.8, 4) is 16.9 Å². The predicted octanol–water partition coefficient (Wildman–Crippen LogP) is 6.51. The van der Waals surface area contributed by atoms with Crippen LogP contribution in [0.2, 0.25) is 0 Å². The molecule has 1 amide bonds. The van der Waals surface area contributed by atoms with Crippen LogP contribution in [0, 0.1) is 6.92 Å². The lowest BCUT2D eigenvalue weighted by Gasteiger charge is -2.17. The van der Waals surface area contributed by atoms with Crippen molar-refractivity contribution in [1.29, 1.82) is 0 Å². The maximum Gasteiger partial charge on any atom is 0.224 e. The van der Waals surface area contributed by atoms with Gasteiger partial charge in [0.15, 0.2) is 0 Å². The number of hydrogen-bond donors (Lipinski definition) is 1. The molecule has 0 saturated carbocycles. The molecule has 0 aliphatic heterocycles. The Morgan fingerprint density at radius 1 is 0.892 bits per heavy atom. The van der Waals surface area contributed by atoms with Crippen LogP contribution < -0.4 is 10.1 Å². The van der Waals surface area contributed by atoms with Crippen LogP contribution in [0.3, 0.4) is 0 Å². The van der Waals surface area contributed by atoms with Gasteiger partial charge in [-0.2, -0.15) is 0 Å². The molecule has 186 valence electrons. The van der Waals surface area contributed by atoms with E-state index in [0.29, 0.717) is 19.6 Å². The summed E-state index contributed by atoms with van der Waals surface area (Å²) in [6, 6.07) is 34.2. The molecular weight excluding hydrogens is 458 g/mol. The van der Waals surface area contributed by atoms with Crippen LogP contribution in [-0.4, -0.2) is 22.1 Å². The Morgan fingerprint density at radius 2 is 1.62 bits per heavy atom. The highest BCUT2D eigenvalue weighted by Gasteiger charge is 2.18. The fraction of sp³-hybridized carbons (Fsp3) is 0.188.